The lowest BCUT2D eigenvalue weighted by Crippen LogP contribution is -2.57. The van der Waals surface area contributed by atoms with Crippen LogP contribution >= 0.6 is 0 Å². The molecule has 6 unspecified atom stereocenters. The number of aliphatic carboxylic acids is 1. The van der Waals surface area contributed by atoms with Crippen molar-refractivity contribution in [3.05, 3.63) is 23.9 Å². The Morgan fingerprint density at radius 1 is 1.14 bits per heavy atom. The van der Waals surface area contributed by atoms with Crippen LogP contribution in [0.1, 0.15) is 65.5 Å². The second-order valence-corrected chi connectivity index (χ2v) is 12.9. The molecule has 11 nitrogen and oxygen atoms in total. The maximum atomic E-state index is 15.8. The Hall–Kier alpha value is -3.77. The van der Waals surface area contributed by atoms with Gasteiger partial charge in [-0.2, -0.15) is 8.78 Å². The minimum absolute atomic E-state index is 0.0490. The number of alkyl carbamates (subject to hydrolysis) is 1. The zero-order chi connectivity index (χ0) is 31.3. The van der Waals surface area contributed by atoms with Crippen LogP contribution in [0, 0.1) is 17.3 Å². The van der Waals surface area contributed by atoms with Gasteiger partial charge in [-0.25, -0.2) is 19.6 Å². The van der Waals surface area contributed by atoms with Gasteiger partial charge in [-0.15, -0.1) is 0 Å². The van der Waals surface area contributed by atoms with Crippen molar-refractivity contribution < 1.29 is 42.5 Å². The summed E-state index contributed by atoms with van der Waals surface area (Å²) in [6.07, 6.45) is -0.733. The summed E-state index contributed by atoms with van der Waals surface area (Å²) in [5.74, 6) is -6.05. The zero-order valence-electron chi connectivity index (χ0n) is 24.9. The van der Waals surface area contributed by atoms with Gasteiger partial charge in [0.25, 0.3) is 5.92 Å². The highest BCUT2D eigenvalue weighted by Gasteiger charge is 2.51. The van der Waals surface area contributed by atoms with Crippen LogP contribution in [0.2, 0.25) is 0 Å². The summed E-state index contributed by atoms with van der Waals surface area (Å²) in [6.45, 7) is 6.60. The number of amides is 2. The van der Waals surface area contributed by atoms with Crippen molar-refractivity contribution in [1.82, 2.24) is 20.2 Å². The van der Waals surface area contributed by atoms with E-state index in [1.807, 2.05) is 0 Å². The summed E-state index contributed by atoms with van der Waals surface area (Å²) in [6, 6.07) is 2.23. The van der Waals surface area contributed by atoms with E-state index in [0.29, 0.717) is 25.0 Å². The van der Waals surface area contributed by atoms with Crippen molar-refractivity contribution in [2.24, 2.45) is 17.3 Å². The maximum absolute atomic E-state index is 15.8. The molecular weight excluding hydrogens is 566 g/mol. The van der Waals surface area contributed by atoms with E-state index in [-0.39, 0.29) is 36.0 Å². The quantitative estimate of drug-likeness (QED) is 0.507. The molecule has 1 saturated heterocycles. The number of benzene rings is 1. The summed E-state index contributed by atoms with van der Waals surface area (Å²) in [5, 5.41) is 12.8. The molecule has 2 aromatic rings. The van der Waals surface area contributed by atoms with E-state index in [1.54, 1.807) is 39.8 Å². The Morgan fingerprint density at radius 2 is 1.88 bits per heavy atom. The Bertz CT molecular complexity index is 1410. The number of rotatable bonds is 2. The summed E-state index contributed by atoms with van der Waals surface area (Å²) in [5.41, 5.74) is -0.947. The molecule has 1 aromatic carbocycles. The molecule has 5 rings (SSSR count). The van der Waals surface area contributed by atoms with Crippen molar-refractivity contribution in [2.75, 3.05) is 13.7 Å². The number of halogens is 2. The highest BCUT2D eigenvalue weighted by atomic mass is 19.3. The van der Waals surface area contributed by atoms with E-state index in [9.17, 15) is 19.5 Å². The lowest BCUT2D eigenvalue weighted by Gasteiger charge is -2.34. The first-order valence-electron chi connectivity index (χ1n) is 14.6. The first-order valence-corrected chi connectivity index (χ1v) is 14.6. The largest absolute Gasteiger partial charge is 0.497 e. The number of methoxy groups -OCH3 is 1. The number of carboxylic acid groups (broad SMARTS) is 1. The molecule has 2 amide bonds. The highest BCUT2D eigenvalue weighted by Crippen LogP contribution is 2.42. The minimum atomic E-state index is -3.40. The molecule has 43 heavy (non-hydrogen) atoms. The molecule has 13 heteroatoms. The van der Waals surface area contributed by atoms with Crippen molar-refractivity contribution in [3.8, 4) is 11.6 Å². The van der Waals surface area contributed by atoms with Crippen molar-refractivity contribution in [3.63, 3.8) is 0 Å². The predicted molar refractivity (Wildman–Crippen MR) is 150 cm³/mol. The zero-order valence-corrected chi connectivity index (χ0v) is 24.9. The number of hydrogen-bond donors (Lipinski definition) is 2. The van der Waals surface area contributed by atoms with Crippen LogP contribution in [0.15, 0.2) is 18.2 Å². The Morgan fingerprint density at radius 3 is 2.56 bits per heavy atom. The number of hydrogen-bond acceptors (Lipinski definition) is 8. The Balaban J connectivity index is 1.57. The van der Waals surface area contributed by atoms with Crippen molar-refractivity contribution >= 4 is 29.0 Å². The molecule has 1 saturated carbocycles. The molecule has 0 spiro atoms. The molecule has 3 aliphatic rings. The van der Waals surface area contributed by atoms with Gasteiger partial charge in [-0.1, -0.05) is 34.1 Å². The third-order valence-electron chi connectivity index (χ3n) is 8.59. The molecule has 3 heterocycles. The molecular formula is C30H38F2N4O7. The fraction of sp³-hybridized carbons (Fsp3) is 0.633. The highest BCUT2D eigenvalue weighted by molar-refractivity contribution is 5.90. The second-order valence-electron chi connectivity index (χ2n) is 12.9. The first-order chi connectivity index (χ1) is 20.2. The third-order valence-corrected chi connectivity index (χ3v) is 8.59. The normalized spacial score (nSPS) is 29.7. The maximum Gasteiger partial charge on any atom is 0.408 e. The lowest BCUT2D eigenvalue weighted by atomic mass is 9.85. The summed E-state index contributed by atoms with van der Waals surface area (Å²) in [4.78, 5) is 49.0. The summed E-state index contributed by atoms with van der Waals surface area (Å²) in [7, 11) is 1.47. The molecule has 1 aliphatic carbocycles. The van der Waals surface area contributed by atoms with E-state index < -0.39 is 71.4 Å². The number of carbonyl (C=O) groups is 3. The third kappa shape index (κ3) is 6.30. The van der Waals surface area contributed by atoms with Gasteiger partial charge >= 0.3 is 12.1 Å². The van der Waals surface area contributed by atoms with Gasteiger partial charge in [0.1, 0.15) is 30.0 Å². The van der Waals surface area contributed by atoms with E-state index in [0.717, 1.165) is 4.90 Å². The van der Waals surface area contributed by atoms with Crippen LogP contribution in [0.5, 0.6) is 11.6 Å². The van der Waals surface area contributed by atoms with Crippen LogP contribution in [0.3, 0.4) is 0 Å². The molecule has 2 N–H and O–H groups in total. The van der Waals surface area contributed by atoms with Gasteiger partial charge in [0, 0.05) is 18.4 Å². The number of nitrogens with zero attached hydrogens (tertiary/aromatic N) is 3. The summed E-state index contributed by atoms with van der Waals surface area (Å²) < 4.78 is 48.5. The van der Waals surface area contributed by atoms with Crippen LogP contribution in [-0.4, -0.2) is 75.9 Å². The monoisotopic (exact) mass is 604 g/mol. The average Bonchev–Trinajstić information content (AvgIpc) is 3.58. The van der Waals surface area contributed by atoms with E-state index in [4.69, 9.17) is 14.2 Å². The summed E-state index contributed by atoms with van der Waals surface area (Å²) >= 11 is 0. The average molecular weight is 605 g/mol. The first kappa shape index (κ1) is 30.7. The molecule has 1 aromatic heterocycles. The fourth-order valence-corrected chi connectivity index (χ4v) is 5.94. The van der Waals surface area contributed by atoms with Crippen molar-refractivity contribution in [2.45, 2.75) is 90.0 Å². The van der Waals surface area contributed by atoms with Gasteiger partial charge in [0.2, 0.25) is 11.8 Å². The van der Waals surface area contributed by atoms with E-state index in [1.165, 1.54) is 13.2 Å². The molecule has 0 radical (unpaired) electrons. The topological polar surface area (TPSA) is 140 Å². The van der Waals surface area contributed by atoms with Crippen molar-refractivity contribution in [1.29, 1.82) is 0 Å². The molecule has 2 fully saturated rings. The molecule has 234 valence electrons. The molecule has 2 bridgehead atoms. The number of ether oxygens (including phenoxy) is 3. The fourth-order valence-electron chi connectivity index (χ4n) is 5.94. The van der Waals surface area contributed by atoms with Crippen LogP contribution in [-0.2, 0) is 20.2 Å². The van der Waals surface area contributed by atoms with Crippen LogP contribution in [0.25, 0.3) is 11.0 Å². The van der Waals surface area contributed by atoms with Gasteiger partial charge in [-0.3, -0.25) is 4.79 Å². The Labute approximate surface area is 248 Å². The van der Waals surface area contributed by atoms with Gasteiger partial charge in [0.05, 0.1) is 24.7 Å². The number of nitrogens with one attached hydrogen (secondary N) is 1. The number of fused-ring (bicyclic) bond motifs is 5. The Kier molecular flexibility index (Phi) is 8.12. The van der Waals surface area contributed by atoms with Gasteiger partial charge in [0.15, 0.2) is 5.69 Å². The SMILES string of the molecule is COc1ccc2nc3c(nc2c1)OC1CN(C(=O)C(C(C)(C)C)NC(=O)OC2CC2CCCCC3(F)F)C(C(=O)O)C1C. The van der Waals surface area contributed by atoms with Crippen LogP contribution < -0.4 is 14.8 Å². The number of aromatic nitrogens is 2. The standard InChI is InChI=1S/C30H38F2N4O7/c1-15-21-14-36(22(15)27(38)39)26(37)24(29(2,3)4)35-28(40)43-20-12-16(20)8-6-7-11-30(31,32)23-25(42-21)34-19-13-17(41-5)9-10-18(19)33-23/h9-10,13,15-16,20-22,24H,6-8,11-12,14H2,1-5H3,(H,35,40)(H,38,39). The predicted octanol–water partition coefficient (Wildman–Crippen LogP) is 4.51. The molecule has 6 atom stereocenters. The molecule has 2 aliphatic heterocycles. The number of carboxylic acids is 1. The second kappa shape index (κ2) is 11.4. The lowest BCUT2D eigenvalue weighted by molar-refractivity contribution is -0.151. The van der Waals surface area contributed by atoms with Gasteiger partial charge in [-0.05, 0) is 42.7 Å². The smallest absolute Gasteiger partial charge is 0.408 e. The number of carbonyl (C=O) groups excluding carboxylic acids is 2. The van der Waals surface area contributed by atoms with Crippen LogP contribution in [0.4, 0.5) is 13.6 Å². The van der Waals surface area contributed by atoms with E-state index in [2.05, 4.69) is 15.3 Å². The minimum Gasteiger partial charge on any atom is -0.497 e. The number of alkyl halides is 2. The van der Waals surface area contributed by atoms with E-state index >= 15 is 8.78 Å². The van der Waals surface area contributed by atoms with Gasteiger partial charge < -0.3 is 29.5 Å².